The van der Waals surface area contributed by atoms with Crippen LogP contribution in [0.1, 0.15) is 45.4 Å². The summed E-state index contributed by atoms with van der Waals surface area (Å²) >= 11 is 1.55. The number of amides is 2. The van der Waals surface area contributed by atoms with Crippen LogP contribution in [-0.2, 0) is 25.6 Å². The molecule has 1 atom stereocenters. The summed E-state index contributed by atoms with van der Waals surface area (Å²) in [6.07, 6.45) is -0.208. The minimum Gasteiger partial charge on any atom is -0.452 e. The molecular formula is C19H28N2O5S. The van der Waals surface area contributed by atoms with E-state index in [2.05, 4.69) is 5.32 Å². The van der Waals surface area contributed by atoms with Crippen LogP contribution >= 0.6 is 11.3 Å². The van der Waals surface area contributed by atoms with Crippen molar-refractivity contribution in [1.82, 2.24) is 10.2 Å². The summed E-state index contributed by atoms with van der Waals surface area (Å²) in [5.74, 6) is -1.02. The third-order valence-corrected chi connectivity index (χ3v) is 5.04. The molecule has 2 heterocycles. The van der Waals surface area contributed by atoms with Crippen molar-refractivity contribution in [2.24, 2.45) is 5.92 Å². The van der Waals surface area contributed by atoms with Crippen molar-refractivity contribution in [3.8, 4) is 0 Å². The van der Waals surface area contributed by atoms with Crippen LogP contribution < -0.4 is 5.32 Å². The Hall–Kier alpha value is -2.09. The largest absolute Gasteiger partial charge is 0.452 e. The predicted octanol–water partition coefficient (Wildman–Crippen LogP) is 2.94. The van der Waals surface area contributed by atoms with Crippen LogP contribution in [0.4, 0.5) is 4.79 Å². The minimum absolute atomic E-state index is 0.309. The van der Waals surface area contributed by atoms with E-state index >= 15 is 0 Å². The van der Waals surface area contributed by atoms with Crippen LogP contribution in [0.3, 0.4) is 0 Å². The van der Waals surface area contributed by atoms with Crippen molar-refractivity contribution in [3.05, 3.63) is 22.4 Å². The zero-order valence-corrected chi connectivity index (χ0v) is 17.1. The quantitative estimate of drug-likeness (QED) is 0.774. The molecule has 0 aliphatic carbocycles. The van der Waals surface area contributed by atoms with Gasteiger partial charge in [-0.25, -0.2) is 4.79 Å². The molecule has 150 valence electrons. The first-order valence-corrected chi connectivity index (χ1v) is 10.0. The summed E-state index contributed by atoms with van der Waals surface area (Å²) in [6, 6.07) is 3.85. The molecule has 0 radical (unpaired) electrons. The Labute approximate surface area is 164 Å². The fourth-order valence-corrected chi connectivity index (χ4v) is 3.32. The topological polar surface area (TPSA) is 84.9 Å². The number of hydrogen-bond acceptors (Lipinski definition) is 6. The van der Waals surface area contributed by atoms with E-state index < -0.39 is 17.7 Å². The molecule has 0 unspecified atom stereocenters. The highest BCUT2D eigenvalue weighted by Gasteiger charge is 2.32. The third-order valence-electron chi connectivity index (χ3n) is 4.16. The highest BCUT2D eigenvalue weighted by atomic mass is 32.1. The molecule has 2 rings (SSSR count). The molecule has 1 fully saturated rings. The van der Waals surface area contributed by atoms with Crippen LogP contribution in [0, 0.1) is 5.92 Å². The maximum absolute atomic E-state index is 12.3. The summed E-state index contributed by atoms with van der Waals surface area (Å²) < 4.78 is 10.7. The van der Waals surface area contributed by atoms with E-state index in [1.807, 2.05) is 38.3 Å². The molecular weight excluding hydrogens is 368 g/mol. The number of nitrogens with one attached hydrogen (secondary N) is 1. The summed E-state index contributed by atoms with van der Waals surface area (Å²) in [5.41, 5.74) is -0.543. The fourth-order valence-electron chi connectivity index (χ4n) is 2.68. The lowest BCUT2D eigenvalue weighted by Gasteiger charge is -2.32. The zero-order chi connectivity index (χ0) is 20.0. The highest BCUT2D eigenvalue weighted by Crippen LogP contribution is 2.21. The molecule has 7 nitrogen and oxygen atoms in total. The normalized spacial score (nSPS) is 16.5. The van der Waals surface area contributed by atoms with Crippen LogP contribution in [0.25, 0.3) is 0 Å². The van der Waals surface area contributed by atoms with E-state index in [1.165, 1.54) is 0 Å². The third kappa shape index (κ3) is 6.86. The molecule has 1 aliphatic heterocycles. The van der Waals surface area contributed by atoms with Gasteiger partial charge in [0.15, 0.2) is 6.10 Å². The number of hydrogen-bond donors (Lipinski definition) is 1. The Morgan fingerprint density at radius 1 is 1.30 bits per heavy atom. The molecule has 1 aliphatic rings. The molecule has 0 aromatic carbocycles. The number of nitrogens with zero attached hydrogens (tertiary/aromatic N) is 1. The van der Waals surface area contributed by atoms with E-state index in [9.17, 15) is 14.4 Å². The fraction of sp³-hybridized carbons (Fsp3) is 0.632. The lowest BCUT2D eigenvalue weighted by molar-refractivity contribution is -0.160. The Bertz CT molecular complexity index is 646. The van der Waals surface area contributed by atoms with Crippen molar-refractivity contribution in [1.29, 1.82) is 0 Å². The average Bonchev–Trinajstić information content (AvgIpc) is 3.11. The van der Waals surface area contributed by atoms with Gasteiger partial charge in [0.25, 0.3) is 5.91 Å². The van der Waals surface area contributed by atoms with Gasteiger partial charge < -0.3 is 19.7 Å². The first-order chi connectivity index (χ1) is 12.7. The number of likely N-dealkylation sites (tertiary alicyclic amines) is 1. The summed E-state index contributed by atoms with van der Waals surface area (Å²) in [5, 5.41) is 4.70. The lowest BCUT2D eigenvalue weighted by Crippen LogP contribution is -2.44. The predicted molar refractivity (Wildman–Crippen MR) is 102 cm³/mol. The number of thiophene rings is 1. The second-order valence-electron chi connectivity index (χ2n) is 7.62. The second kappa shape index (κ2) is 9.21. The average molecular weight is 397 g/mol. The number of ether oxygens (including phenoxy) is 2. The van der Waals surface area contributed by atoms with Gasteiger partial charge in [0.1, 0.15) is 5.60 Å². The first-order valence-electron chi connectivity index (χ1n) is 9.14. The number of carbonyl (C=O) groups is 3. The number of rotatable bonds is 5. The summed E-state index contributed by atoms with van der Waals surface area (Å²) in [6.45, 7) is 8.32. The standard InChI is InChI=1S/C19H28N2O5S/c1-13(16(22)20-12-15-6-5-11-27-15)25-17(23)14-7-9-21(10-8-14)18(24)26-19(2,3)4/h5-6,11,13-14H,7-10,12H2,1-4H3,(H,20,22)/t13-/m0/s1. The SMILES string of the molecule is C[C@H](OC(=O)C1CCN(C(=O)OC(C)(C)C)CC1)C(=O)NCc1cccs1. The molecule has 8 heteroatoms. The molecule has 27 heavy (non-hydrogen) atoms. The molecule has 1 N–H and O–H groups in total. The molecule has 0 bridgehead atoms. The van der Waals surface area contributed by atoms with Gasteiger partial charge >= 0.3 is 12.1 Å². The van der Waals surface area contributed by atoms with E-state index in [-0.39, 0.29) is 17.9 Å². The smallest absolute Gasteiger partial charge is 0.410 e. The first kappa shape index (κ1) is 21.2. The van der Waals surface area contributed by atoms with E-state index in [4.69, 9.17) is 9.47 Å². The Morgan fingerprint density at radius 2 is 1.96 bits per heavy atom. The summed E-state index contributed by atoms with van der Waals surface area (Å²) in [4.78, 5) is 39.1. The van der Waals surface area contributed by atoms with Crippen LogP contribution in [0.2, 0.25) is 0 Å². The van der Waals surface area contributed by atoms with E-state index in [0.717, 1.165) is 4.88 Å². The second-order valence-corrected chi connectivity index (χ2v) is 8.65. The van der Waals surface area contributed by atoms with Crippen LogP contribution in [0.15, 0.2) is 17.5 Å². The molecule has 1 aromatic heterocycles. The molecule has 2 amide bonds. The minimum atomic E-state index is -0.846. The molecule has 0 saturated carbocycles. The van der Waals surface area contributed by atoms with Crippen LogP contribution in [-0.4, -0.2) is 47.7 Å². The Kier molecular flexibility index (Phi) is 7.24. The van der Waals surface area contributed by atoms with Gasteiger partial charge in [-0.15, -0.1) is 11.3 Å². The maximum atomic E-state index is 12.3. The Morgan fingerprint density at radius 3 is 2.52 bits per heavy atom. The number of piperidine rings is 1. The van der Waals surface area contributed by atoms with E-state index in [1.54, 1.807) is 23.2 Å². The van der Waals surface area contributed by atoms with Crippen molar-refractivity contribution >= 4 is 29.3 Å². The van der Waals surface area contributed by atoms with E-state index in [0.29, 0.717) is 32.5 Å². The zero-order valence-electron chi connectivity index (χ0n) is 16.3. The Balaban J connectivity index is 1.73. The van der Waals surface area contributed by atoms with Crippen LogP contribution in [0.5, 0.6) is 0 Å². The summed E-state index contributed by atoms with van der Waals surface area (Å²) in [7, 11) is 0. The molecule has 0 spiro atoms. The van der Waals surface area contributed by atoms with Gasteiger partial charge in [0, 0.05) is 18.0 Å². The highest BCUT2D eigenvalue weighted by molar-refractivity contribution is 7.09. The van der Waals surface area contributed by atoms with Gasteiger partial charge in [-0.1, -0.05) is 6.07 Å². The molecule has 1 saturated heterocycles. The van der Waals surface area contributed by atoms with Crippen molar-refractivity contribution in [2.75, 3.05) is 13.1 Å². The lowest BCUT2D eigenvalue weighted by atomic mass is 9.97. The van der Waals surface area contributed by atoms with Crippen molar-refractivity contribution in [3.63, 3.8) is 0 Å². The van der Waals surface area contributed by atoms with Crippen molar-refractivity contribution in [2.45, 2.75) is 58.8 Å². The maximum Gasteiger partial charge on any atom is 0.410 e. The number of carbonyl (C=O) groups excluding carboxylic acids is 3. The van der Waals surface area contributed by atoms with Gasteiger partial charge in [0.2, 0.25) is 0 Å². The molecule has 1 aromatic rings. The number of esters is 1. The monoisotopic (exact) mass is 396 g/mol. The van der Waals surface area contributed by atoms with Gasteiger partial charge in [-0.3, -0.25) is 9.59 Å². The van der Waals surface area contributed by atoms with Crippen molar-refractivity contribution < 1.29 is 23.9 Å². The van der Waals surface area contributed by atoms with Gasteiger partial charge in [-0.2, -0.15) is 0 Å². The van der Waals surface area contributed by atoms with Gasteiger partial charge in [-0.05, 0) is 52.0 Å². The van der Waals surface area contributed by atoms with Gasteiger partial charge in [0.05, 0.1) is 12.5 Å².